The van der Waals surface area contributed by atoms with Crippen molar-refractivity contribution in [1.82, 2.24) is 9.55 Å². The van der Waals surface area contributed by atoms with Gasteiger partial charge in [-0.25, -0.2) is 4.98 Å². The highest BCUT2D eigenvalue weighted by Crippen LogP contribution is 2.43. The van der Waals surface area contributed by atoms with Gasteiger partial charge >= 0.3 is 0 Å². The Morgan fingerprint density at radius 1 is 1.42 bits per heavy atom. The lowest BCUT2D eigenvalue weighted by Crippen LogP contribution is -2.22. The third-order valence-corrected chi connectivity index (χ3v) is 4.75. The summed E-state index contributed by atoms with van der Waals surface area (Å²) in [5.41, 5.74) is 3.56. The molecule has 0 aliphatic carbocycles. The summed E-state index contributed by atoms with van der Waals surface area (Å²) in [7, 11) is 0. The van der Waals surface area contributed by atoms with E-state index in [-0.39, 0.29) is 0 Å². The van der Waals surface area contributed by atoms with Crippen LogP contribution in [-0.2, 0) is 10.6 Å². The summed E-state index contributed by atoms with van der Waals surface area (Å²) in [5.74, 6) is 1.44. The van der Waals surface area contributed by atoms with Crippen LogP contribution in [0, 0.1) is 6.92 Å². The molecule has 3 atom stereocenters. The standard InChI is InChI=1S/C15H17ClN2O/c1-9-3-2-4-11-15(9)18(14(8-16)17-11)12-7-10-5-6-13(12)19-10/h2-4,10,12-13H,5-8H2,1H3. The largest absolute Gasteiger partial charge is 0.373 e. The predicted octanol–water partition coefficient (Wildman–Crippen LogP) is 3.58. The molecule has 2 fully saturated rings. The van der Waals surface area contributed by atoms with E-state index in [0.29, 0.717) is 24.1 Å². The Kier molecular flexibility index (Phi) is 2.61. The Balaban J connectivity index is 1.92. The minimum Gasteiger partial charge on any atom is -0.373 e. The van der Waals surface area contributed by atoms with Crippen LogP contribution in [0.15, 0.2) is 18.2 Å². The van der Waals surface area contributed by atoms with Crippen LogP contribution in [0.2, 0.25) is 0 Å². The number of rotatable bonds is 2. The molecule has 3 heterocycles. The lowest BCUT2D eigenvalue weighted by atomic mass is 9.95. The van der Waals surface area contributed by atoms with Crippen molar-refractivity contribution < 1.29 is 4.74 Å². The molecule has 2 bridgehead atoms. The molecule has 1 aromatic heterocycles. The van der Waals surface area contributed by atoms with Crippen molar-refractivity contribution in [3.63, 3.8) is 0 Å². The quantitative estimate of drug-likeness (QED) is 0.784. The lowest BCUT2D eigenvalue weighted by molar-refractivity contribution is 0.0940. The van der Waals surface area contributed by atoms with Crippen molar-refractivity contribution >= 4 is 22.6 Å². The monoisotopic (exact) mass is 276 g/mol. The van der Waals surface area contributed by atoms with Gasteiger partial charge in [0.15, 0.2) is 0 Å². The number of aryl methyl sites for hydroxylation is 1. The number of hydrogen-bond acceptors (Lipinski definition) is 2. The fourth-order valence-electron chi connectivity index (χ4n) is 3.70. The summed E-state index contributed by atoms with van der Waals surface area (Å²) in [6.45, 7) is 2.15. The molecule has 0 spiro atoms. The van der Waals surface area contributed by atoms with Gasteiger partial charge < -0.3 is 9.30 Å². The van der Waals surface area contributed by atoms with E-state index in [2.05, 4.69) is 29.7 Å². The average molecular weight is 277 g/mol. The number of fused-ring (bicyclic) bond motifs is 3. The molecular weight excluding hydrogens is 260 g/mol. The number of nitrogens with zero attached hydrogens (tertiary/aromatic N) is 2. The highest BCUT2D eigenvalue weighted by molar-refractivity contribution is 6.16. The summed E-state index contributed by atoms with van der Waals surface area (Å²) < 4.78 is 8.35. The van der Waals surface area contributed by atoms with E-state index in [1.165, 1.54) is 23.9 Å². The highest BCUT2D eigenvalue weighted by atomic mass is 35.5. The van der Waals surface area contributed by atoms with E-state index < -0.39 is 0 Å². The van der Waals surface area contributed by atoms with Gasteiger partial charge in [0.1, 0.15) is 5.82 Å². The second kappa shape index (κ2) is 4.22. The predicted molar refractivity (Wildman–Crippen MR) is 75.6 cm³/mol. The SMILES string of the molecule is Cc1cccc2nc(CCl)n(C3CC4CCC3O4)c12. The molecule has 0 saturated carbocycles. The van der Waals surface area contributed by atoms with Crippen molar-refractivity contribution in [2.45, 2.75) is 50.3 Å². The van der Waals surface area contributed by atoms with Crippen molar-refractivity contribution in [1.29, 1.82) is 0 Å². The first kappa shape index (κ1) is 11.7. The van der Waals surface area contributed by atoms with Crippen LogP contribution in [0.1, 0.15) is 36.7 Å². The van der Waals surface area contributed by atoms with Crippen molar-refractivity contribution in [2.75, 3.05) is 0 Å². The Labute approximate surface area is 117 Å². The van der Waals surface area contributed by atoms with E-state index in [0.717, 1.165) is 17.8 Å². The van der Waals surface area contributed by atoms with Crippen LogP contribution in [0.4, 0.5) is 0 Å². The normalized spacial score (nSPS) is 29.5. The van der Waals surface area contributed by atoms with Gasteiger partial charge in [0.2, 0.25) is 0 Å². The van der Waals surface area contributed by atoms with Gasteiger partial charge in [-0.1, -0.05) is 12.1 Å². The summed E-state index contributed by atoms with van der Waals surface area (Å²) in [5, 5.41) is 0. The smallest absolute Gasteiger partial charge is 0.125 e. The maximum atomic E-state index is 6.11. The number of para-hydroxylation sites is 1. The first-order chi connectivity index (χ1) is 9.28. The van der Waals surface area contributed by atoms with Crippen molar-refractivity contribution in [3.05, 3.63) is 29.6 Å². The summed E-state index contributed by atoms with van der Waals surface area (Å²) in [4.78, 5) is 4.70. The summed E-state index contributed by atoms with van der Waals surface area (Å²) >= 11 is 6.11. The fourth-order valence-corrected chi connectivity index (χ4v) is 3.89. The van der Waals surface area contributed by atoms with Crippen LogP contribution in [0.5, 0.6) is 0 Å². The Morgan fingerprint density at radius 2 is 2.32 bits per heavy atom. The van der Waals surface area contributed by atoms with Crippen LogP contribution < -0.4 is 0 Å². The zero-order valence-corrected chi connectivity index (χ0v) is 11.7. The first-order valence-electron chi connectivity index (χ1n) is 6.96. The van der Waals surface area contributed by atoms with Crippen LogP contribution in [-0.4, -0.2) is 21.8 Å². The van der Waals surface area contributed by atoms with Crippen molar-refractivity contribution in [2.24, 2.45) is 0 Å². The second-order valence-electron chi connectivity index (χ2n) is 5.65. The van der Waals surface area contributed by atoms with Gasteiger partial charge in [-0.15, -0.1) is 11.6 Å². The molecule has 4 rings (SSSR count). The zero-order valence-electron chi connectivity index (χ0n) is 11.0. The number of hydrogen-bond donors (Lipinski definition) is 0. The average Bonchev–Trinajstić information content (AvgIpc) is 3.11. The van der Waals surface area contributed by atoms with Gasteiger partial charge in [0.05, 0.1) is 35.2 Å². The molecule has 2 aliphatic heterocycles. The van der Waals surface area contributed by atoms with Gasteiger partial charge in [-0.2, -0.15) is 0 Å². The number of imidazole rings is 1. The van der Waals surface area contributed by atoms with E-state index in [4.69, 9.17) is 21.3 Å². The molecule has 2 aliphatic rings. The Morgan fingerprint density at radius 3 is 3.00 bits per heavy atom. The molecule has 1 aromatic carbocycles. The zero-order chi connectivity index (χ0) is 13.0. The molecule has 2 saturated heterocycles. The highest BCUT2D eigenvalue weighted by Gasteiger charge is 2.43. The third-order valence-electron chi connectivity index (χ3n) is 4.51. The fraction of sp³-hybridized carbons (Fsp3) is 0.533. The molecule has 0 N–H and O–H groups in total. The molecule has 2 aromatic rings. The number of aromatic nitrogens is 2. The number of ether oxygens (including phenoxy) is 1. The van der Waals surface area contributed by atoms with Crippen LogP contribution >= 0.6 is 11.6 Å². The third kappa shape index (κ3) is 1.65. The molecule has 4 heteroatoms. The molecule has 3 nitrogen and oxygen atoms in total. The molecule has 0 amide bonds. The topological polar surface area (TPSA) is 27.1 Å². The maximum absolute atomic E-state index is 6.11. The number of benzene rings is 1. The second-order valence-corrected chi connectivity index (χ2v) is 5.92. The van der Waals surface area contributed by atoms with Crippen molar-refractivity contribution in [3.8, 4) is 0 Å². The van der Waals surface area contributed by atoms with Crippen LogP contribution in [0.25, 0.3) is 11.0 Å². The van der Waals surface area contributed by atoms with E-state index in [1.807, 2.05) is 0 Å². The van der Waals surface area contributed by atoms with Gasteiger partial charge in [-0.05, 0) is 37.8 Å². The molecule has 3 unspecified atom stereocenters. The Bertz CT molecular complexity index is 636. The molecule has 19 heavy (non-hydrogen) atoms. The number of alkyl halides is 1. The molecule has 0 radical (unpaired) electrons. The Hall–Kier alpha value is -1.06. The number of halogens is 1. The molecule has 100 valence electrons. The minimum absolute atomic E-state index is 0.351. The van der Waals surface area contributed by atoms with E-state index >= 15 is 0 Å². The summed E-state index contributed by atoms with van der Waals surface area (Å²) in [6.07, 6.45) is 4.28. The van der Waals surface area contributed by atoms with Crippen LogP contribution in [0.3, 0.4) is 0 Å². The van der Waals surface area contributed by atoms with Gasteiger partial charge in [-0.3, -0.25) is 0 Å². The van der Waals surface area contributed by atoms with Gasteiger partial charge in [0, 0.05) is 0 Å². The van der Waals surface area contributed by atoms with Gasteiger partial charge in [0.25, 0.3) is 0 Å². The lowest BCUT2D eigenvalue weighted by Gasteiger charge is -2.23. The summed E-state index contributed by atoms with van der Waals surface area (Å²) in [6, 6.07) is 6.69. The minimum atomic E-state index is 0.351. The molecular formula is C15H17ClN2O. The van der Waals surface area contributed by atoms with E-state index in [9.17, 15) is 0 Å². The first-order valence-corrected chi connectivity index (χ1v) is 7.49. The van der Waals surface area contributed by atoms with E-state index in [1.54, 1.807) is 0 Å². The maximum Gasteiger partial charge on any atom is 0.125 e.